The molecule has 3 heterocycles. The number of fused-ring (bicyclic) bond motifs is 4. The van der Waals surface area contributed by atoms with Crippen LogP contribution >= 0.6 is 0 Å². The van der Waals surface area contributed by atoms with Crippen molar-refractivity contribution in [1.29, 1.82) is 0 Å². The highest BCUT2D eigenvalue weighted by Gasteiger charge is 2.49. The predicted octanol–water partition coefficient (Wildman–Crippen LogP) is 7.74. The Labute approximate surface area is 287 Å². The molecule has 3 fully saturated rings. The molecule has 0 spiro atoms. The van der Waals surface area contributed by atoms with Gasteiger partial charge in [0.15, 0.2) is 0 Å². The first-order valence-electron chi connectivity index (χ1n) is 18.0. The average Bonchev–Trinajstić information content (AvgIpc) is 3.06. The maximum atomic E-state index is 13.6. The molecule has 0 aliphatic carbocycles. The largest absolute Gasteiger partial charge is 0.462 e. The summed E-state index contributed by atoms with van der Waals surface area (Å²) in [5, 5.41) is 0. The lowest BCUT2D eigenvalue weighted by atomic mass is 9.74. The maximum Gasteiger partial charge on any atom is 0.308 e. The standard InChI is InChI=1S/C40H56O8/c1-7-29-19-31-21-33(43-25-27-15-11-9-12-16-27)39(3,4)36(45-31)24-38(42)48-30(8-2)20-32-22-34(44-26-28-17-13-10-14-18-28)40(5,6)35(46-32)23-37(41)47-29/h9-18,29-36H,7-8,19-26H2,1-6H3/t29-,30-,31-,32-,33+,34+,35+,36+/m1/s1. The molecule has 8 atom stereocenters. The van der Waals surface area contributed by atoms with Crippen molar-refractivity contribution in [2.45, 2.75) is 155 Å². The summed E-state index contributed by atoms with van der Waals surface area (Å²) >= 11 is 0. The van der Waals surface area contributed by atoms with Crippen LogP contribution in [0.5, 0.6) is 0 Å². The number of benzene rings is 2. The minimum Gasteiger partial charge on any atom is -0.462 e. The van der Waals surface area contributed by atoms with Crippen LogP contribution in [0.25, 0.3) is 0 Å². The van der Waals surface area contributed by atoms with E-state index in [0.717, 1.165) is 11.1 Å². The zero-order valence-electron chi connectivity index (χ0n) is 29.7. The third-order valence-corrected chi connectivity index (χ3v) is 10.8. The van der Waals surface area contributed by atoms with Gasteiger partial charge in [-0.05, 0) is 24.0 Å². The van der Waals surface area contributed by atoms with Gasteiger partial charge >= 0.3 is 11.9 Å². The van der Waals surface area contributed by atoms with Crippen LogP contribution in [0, 0.1) is 10.8 Å². The van der Waals surface area contributed by atoms with Crippen LogP contribution < -0.4 is 0 Å². The van der Waals surface area contributed by atoms with E-state index >= 15 is 0 Å². The fourth-order valence-corrected chi connectivity index (χ4v) is 7.41. The Bertz CT molecular complexity index is 1210. The lowest BCUT2D eigenvalue weighted by molar-refractivity contribution is -0.216. The number of rotatable bonds is 8. The van der Waals surface area contributed by atoms with Crippen LogP contribution in [0.4, 0.5) is 0 Å². The Hall–Kier alpha value is -2.78. The number of hydrogen-bond donors (Lipinski definition) is 0. The number of carbonyl (C=O) groups excluding carboxylic acids is 2. The molecule has 2 aromatic rings. The number of cyclic esters (lactones) is 2. The molecule has 0 saturated carbocycles. The van der Waals surface area contributed by atoms with Crippen molar-refractivity contribution in [2.24, 2.45) is 10.8 Å². The van der Waals surface area contributed by atoms with Gasteiger partial charge in [-0.1, -0.05) is 102 Å². The Morgan fingerprint density at radius 3 is 1.33 bits per heavy atom. The topological polar surface area (TPSA) is 89.5 Å². The molecule has 3 aliphatic rings. The number of ether oxygens (including phenoxy) is 6. The molecule has 0 amide bonds. The number of carbonyl (C=O) groups is 2. The molecule has 48 heavy (non-hydrogen) atoms. The van der Waals surface area contributed by atoms with Gasteiger partial charge in [0.2, 0.25) is 0 Å². The van der Waals surface area contributed by atoms with Crippen molar-refractivity contribution in [3.63, 3.8) is 0 Å². The smallest absolute Gasteiger partial charge is 0.308 e. The van der Waals surface area contributed by atoms with Gasteiger partial charge in [0.05, 0.1) is 62.7 Å². The summed E-state index contributed by atoms with van der Waals surface area (Å²) in [7, 11) is 0. The average molecular weight is 665 g/mol. The molecule has 0 unspecified atom stereocenters. The van der Waals surface area contributed by atoms with Crippen molar-refractivity contribution in [3.8, 4) is 0 Å². The first kappa shape index (κ1) is 36.5. The van der Waals surface area contributed by atoms with Gasteiger partial charge in [-0.15, -0.1) is 0 Å². The fraction of sp³-hybridized carbons (Fsp3) is 0.650. The highest BCUT2D eigenvalue weighted by atomic mass is 16.6. The molecule has 4 bridgehead atoms. The highest BCUT2D eigenvalue weighted by molar-refractivity contribution is 5.71. The minimum atomic E-state index is -0.454. The normalized spacial score (nSPS) is 32.5. The Balaban J connectivity index is 1.37. The molecule has 2 aromatic carbocycles. The fourth-order valence-electron chi connectivity index (χ4n) is 7.41. The van der Waals surface area contributed by atoms with E-state index < -0.39 is 23.0 Å². The van der Waals surface area contributed by atoms with Crippen molar-refractivity contribution < 1.29 is 38.0 Å². The third kappa shape index (κ3) is 9.26. The lowest BCUT2D eigenvalue weighted by Gasteiger charge is -2.49. The van der Waals surface area contributed by atoms with E-state index in [-0.39, 0.29) is 61.4 Å². The molecule has 8 nitrogen and oxygen atoms in total. The van der Waals surface area contributed by atoms with E-state index in [1.807, 2.05) is 50.2 Å². The zero-order chi connectivity index (χ0) is 34.3. The van der Waals surface area contributed by atoms with Crippen LogP contribution in [-0.4, -0.2) is 60.8 Å². The van der Waals surface area contributed by atoms with E-state index in [1.165, 1.54) is 0 Å². The second-order valence-electron chi connectivity index (χ2n) is 15.1. The first-order chi connectivity index (χ1) is 23.0. The first-order valence-corrected chi connectivity index (χ1v) is 18.0. The molecule has 0 radical (unpaired) electrons. The molecule has 0 N–H and O–H groups in total. The molecule has 264 valence electrons. The minimum absolute atomic E-state index is 0.117. The summed E-state index contributed by atoms with van der Waals surface area (Å²) in [6.07, 6.45) is 1.52. The van der Waals surface area contributed by atoms with Gasteiger partial charge in [0.1, 0.15) is 12.2 Å². The van der Waals surface area contributed by atoms with Crippen molar-refractivity contribution in [1.82, 2.24) is 0 Å². The van der Waals surface area contributed by atoms with Gasteiger partial charge in [-0.2, -0.15) is 0 Å². The van der Waals surface area contributed by atoms with Crippen LogP contribution in [0.2, 0.25) is 0 Å². The van der Waals surface area contributed by atoms with Gasteiger partial charge in [-0.25, -0.2) is 0 Å². The van der Waals surface area contributed by atoms with Crippen LogP contribution in [0.1, 0.15) is 104 Å². The number of esters is 2. The molecule has 0 aromatic heterocycles. The Morgan fingerprint density at radius 1 is 0.604 bits per heavy atom. The van der Waals surface area contributed by atoms with Crippen molar-refractivity contribution in [2.75, 3.05) is 0 Å². The van der Waals surface area contributed by atoms with E-state index in [9.17, 15) is 9.59 Å². The summed E-state index contributed by atoms with van der Waals surface area (Å²) in [4.78, 5) is 27.2. The van der Waals surface area contributed by atoms with Gasteiger partial charge in [-0.3, -0.25) is 9.59 Å². The monoisotopic (exact) mass is 664 g/mol. The molecule has 3 aliphatic heterocycles. The maximum absolute atomic E-state index is 13.6. The summed E-state index contributed by atoms with van der Waals surface area (Å²) in [5.41, 5.74) is 1.28. The SMILES string of the molecule is CC[C@@H]1C[C@@H]2C[C@H](OCc3ccccc3)C(C)(C)[C@H](CC(=O)O[C@H](CC)C[C@@H]3C[C@H](OCc4ccccc4)C(C)(C)[C@H](CC(=O)O1)O3)O2. The zero-order valence-corrected chi connectivity index (χ0v) is 29.7. The summed E-state index contributed by atoms with van der Waals surface area (Å²) in [6.45, 7) is 13.4. The second-order valence-corrected chi connectivity index (χ2v) is 15.1. The Morgan fingerprint density at radius 2 is 0.979 bits per heavy atom. The molecule has 8 heteroatoms. The molecular formula is C40H56O8. The Kier molecular flexibility index (Phi) is 12.4. The summed E-state index contributed by atoms with van der Waals surface area (Å²) in [5.74, 6) is -0.560. The van der Waals surface area contributed by atoms with E-state index in [1.54, 1.807) is 0 Å². The van der Waals surface area contributed by atoms with Crippen LogP contribution in [0.3, 0.4) is 0 Å². The van der Waals surface area contributed by atoms with Crippen LogP contribution in [0.15, 0.2) is 60.7 Å². The van der Waals surface area contributed by atoms with E-state index in [4.69, 9.17) is 28.4 Å². The quantitative estimate of drug-likeness (QED) is 0.265. The highest BCUT2D eigenvalue weighted by Crippen LogP contribution is 2.44. The van der Waals surface area contributed by atoms with Gasteiger partial charge in [0.25, 0.3) is 0 Å². The molecular weight excluding hydrogens is 608 g/mol. The number of hydrogen-bond acceptors (Lipinski definition) is 8. The predicted molar refractivity (Wildman–Crippen MR) is 183 cm³/mol. The third-order valence-electron chi connectivity index (χ3n) is 10.8. The van der Waals surface area contributed by atoms with Gasteiger partial charge in [0, 0.05) is 36.5 Å². The second kappa shape index (κ2) is 16.3. The summed E-state index contributed by atoms with van der Waals surface area (Å²) < 4.78 is 38.7. The molecule has 5 rings (SSSR count). The van der Waals surface area contributed by atoms with E-state index in [0.29, 0.717) is 51.7 Å². The van der Waals surface area contributed by atoms with Crippen molar-refractivity contribution >= 4 is 11.9 Å². The summed E-state index contributed by atoms with van der Waals surface area (Å²) in [6, 6.07) is 20.2. The van der Waals surface area contributed by atoms with Crippen LogP contribution in [-0.2, 0) is 51.2 Å². The lowest BCUT2D eigenvalue weighted by Crippen LogP contribution is -2.54. The molecule has 3 saturated heterocycles. The van der Waals surface area contributed by atoms with E-state index in [2.05, 4.69) is 52.0 Å². The van der Waals surface area contributed by atoms with Crippen molar-refractivity contribution in [3.05, 3.63) is 71.8 Å². The van der Waals surface area contributed by atoms with Gasteiger partial charge < -0.3 is 28.4 Å².